The monoisotopic (exact) mass is 387 g/mol. The Labute approximate surface area is 171 Å². The van der Waals surface area contributed by atoms with Crippen LogP contribution in [0.2, 0.25) is 0 Å². The number of nitrogens with zero attached hydrogens (tertiary/aromatic N) is 2. The van der Waals surface area contributed by atoms with Crippen molar-refractivity contribution in [2.75, 3.05) is 13.1 Å². The van der Waals surface area contributed by atoms with Crippen molar-refractivity contribution in [3.05, 3.63) is 95.8 Å². The molecule has 0 spiro atoms. The van der Waals surface area contributed by atoms with Crippen LogP contribution in [0, 0.1) is 0 Å². The fraction of sp³-hybridized carbons (Fsp3) is 0.250. The maximum absolute atomic E-state index is 13.0. The fourth-order valence-electron chi connectivity index (χ4n) is 3.91. The Balaban J connectivity index is 1.38. The maximum Gasteiger partial charge on any atom is 0.251 e. The van der Waals surface area contributed by atoms with Crippen LogP contribution in [0.25, 0.3) is 0 Å². The highest BCUT2D eigenvalue weighted by atomic mass is 16.2. The molecule has 0 radical (unpaired) electrons. The van der Waals surface area contributed by atoms with Crippen LogP contribution in [0.3, 0.4) is 0 Å². The second kappa shape index (κ2) is 8.78. The molecule has 1 aliphatic rings. The van der Waals surface area contributed by atoms with Crippen LogP contribution in [-0.4, -0.2) is 34.4 Å². The molecule has 5 nitrogen and oxygen atoms in total. The average molecular weight is 387 g/mol. The van der Waals surface area contributed by atoms with E-state index in [1.54, 1.807) is 12.1 Å². The molecule has 0 saturated carbocycles. The molecule has 0 fully saturated rings. The number of nitrogens with one attached hydrogen (secondary N) is 1. The van der Waals surface area contributed by atoms with Crippen molar-refractivity contribution < 1.29 is 9.59 Å². The van der Waals surface area contributed by atoms with Gasteiger partial charge in [0.2, 0.25) is 5.91 Å². The first-order valence-electron chi connectivity index (χ1n) is 10.1. The summed E-state index contributed by atoms with van der Waals surface area (Å²) in [5.41, 5.74) is 2.91. The smallest absolute Gasteiger partial charge is 0.251 e. The van der Waals surface area contributed by atoms with Gasteiger partial charge in [0.15, 0.2) is 0 Å². The molecule has 5 heteroatoms. The summed E-state index contributed by atoms with van der Waals surface area (Å²) in [7, 11) is 0. The minimum Gasteiger partial charge on any atom is -0.352 e. The first-order valence-corrected chi connectivity index (χ1v) is 10.1. The van der Waals surface area contributed by atoms with Crippen molar-refractivity contribution in [1.82, 2.24) is 14.8 Å². The second-order valence-electron chi connectivity index (χ2n) is 7.25. The lowest BCUT2D eigenvalue weighted by Crippen LogP contribution is -2.42. The van der Waals surface area contributed by atoms with Gasteiger partial charge in [-0.1, -0.05) is 48.5 Å². The van der Waals surface area contributed by atoms with Gasteiger partial charge in [0, 0.05) is 43.5 Å². The van der Waals surface area contributed by atoms with Gasteiger partial charge >= 0.3 is 0 Å². The number of carbonyl (C=O) groups excluding carboxylic acids is 2. The number of carbonyl (C=O) groups is 2. The molecule has 2 aromatic carbocycles. The zero-order chi connectivity index (χ0) is 20.1. The van der Waals surface area contributed by atoms with Crippen molar-refractivity contribution in [2.24, 2.45) is 0 Å². The van der Waals surface area contributed by atoms with Gasteiger partial charge in [-0.25, -0.2) is 0 Å². The van der Waals surface area contributed by atoms with Crippen molar-refractivity contribution >= 4 is 11.8 Å². The molecule has 0 saturated heterocycles. The largest absolute Gasteiger partial charge is 0.352 e. The number of aromatic nitrogens is 1. The van der Waals surface area contributed by atoms with E-state index < -0.39 is 0 Å². The van der Waals surface area contributed by atoms with Gasteiger partial charge < -0.3 is 14.8 Å². The standard InChI is InChI=1S/C24H25N3O2/c28-22(14-7-15-25-24(29)20-11-5-2-6-12-20)27-18-17-26-16-8-13-21(26)23(27)19-9-3-1-4-10-19/h1-6,8-13,16,23H,7,14-15,17-18H2,(H,25,29). The number of hydrogen-bond acceptors (Lipinski definition) is 2. The van der Waals surface area contributed by atoms with Gasteiger partial charge in [-0.15, -0.1) is 0 Å². The van der Waals surface area contributed by atoms with Crippen molar-refractivity contribution in [1.29, 1.82) is 0 Å². The van der Waals surface area contributed by atoms with Crippen LogP contribution in [-0.2, 0) is 11.3 Å². The van der Waals surface area contributed by atoms with Gasteiger partial charge in [-0.3, -0.25) is 9.59 Å². The molecule has 1 N–H and O–H groups in total. The van der Waals surface area contributed by atoms with Crippen LogP contribution in [0.5, 0.6) is 0 Å². The lowest BCUT2D eigenvalue weighted by molar-refractivity contribution is -0.134. The molecule has 29 heavy (non-hydrogen) atoms. The fourth-order valence-corrected chi connectivity index (χ4v) is 3.91. The number of benzene rings is 2. The van der Waals surface area contributed by atoms with Crippen LogP contribution in [0.15, 0.2) is 79.0 Å². The van der Waals surface area contributed by atoms with Gasteiger partial charge in [0.05, 0.1) is 6.04 Å². The number of fused-ring (bicyclic) bond motifs is 1. The highest BCUT2D eigenvalue weighted by molar-refractivity contribution is 5.94. The van der Waals surface area contributed by atoms with E-state index in [1.807, 2.05) is 47.4 Å². The van der Waals surface area contributed by atoms with Crippen LogP contribution < -0.4 is 5.32 Å². The lowest BCUT2D eigenvalue weighted by atomic mass is 9.99. The summed E-state index contributed by atoms with van der Waals surface area (Å²) in [5.74, 6) is 0.0243. The molecule has 1 unspecified atom stereocenters. The summed E-state index contributed by atoms with van der Waals surface area (Å²) in [6.45, 7) is 1.98. The Morgan fingerprint density at radius 3 is 2.38 bits per heavy atom. The Kier molecular flexibility index (Phi) is 5.75. The summed E-state index contributed by atoms with van der Waals surface area (Å²) in [6, 6.07) is 23.4. The summed E-state index contributed by atoms with van der Waals surface area (Å²) in [5, 5.41) is 2.90. The molecule has 1 atom stereocenters. The molecular formula is C24H25N3O2. The van der Waals surface area contributed by atoms with Crippen molar-refractivity contribution in [3.63, 3.8) is 0 Å². The van der Waals surface area contributed by atoms with E-state index in [1.165, 1.54) is 0 Å². The molecular weight excluding hydrogens is 362 g/mol. The van der Waals surface area contributed by atoms with E-state index in [0.29, 0.717) is 31.5 Å². The first kappa shape index (κ1) is 19.0. The molecule has 3 aromatic rings. The minimum absolute atomic E-state index is 0.0636. The van der Waals surface area contributed by atoms with E-state index in [4.69, 9.17) is 0 Å². The molecule has 0 bridgehead atoms. The summed E-state index contributed by atoms with van der Waals surface area (Å²) in [4.78, 5) is 27.1. The van der Waals surface area contributed by atoms with Crippen LogP contribution >= 0.6 is 0 Å². The van der Waals surface area contributed by atoms with E-state index in [-0.39, 0.29) is 17.9 Å². The lowest BCUT2D eigenvalue weighted by Gasteiger charge is -2.37. The third kappa shape index (κ3) is 4.24. The Morgan fingerprint density at radius 2 is 1.62 bits per heavy atom. The van der Waals surface area contributed by atoms with Gasteiger partial charge in [0.25, 0.3) is 5.91 Å². The highest BCUT2D eigenvalue weighted by Crippen LogP contribution is 2.32. The zero-order valence-corrected chi connectivity index (χ0v) is 16.3. The van der Waals surface area contributed by atoms with E-state index in [2.05, 4.69) is 34.3 Å². The maximum atomic E-state index is 13.0. The summed E-state index contributed by atoms with van der Waals surface area (Å²) < 4.78 is 2.22. The summed E-state index contributed by atoms with van der Waals surface area (Å²) >= 11 is 0. The van der Waals surface area contributed by atoms with Crippen molar-refractivity contribution in [2.45, 2.75) is 25.4 Å². The predicted octanol–water partition coefficient (Wildman–Crippen LogP) is 3.63. The Bertz CT molecular complexity index is 966. The first-order chi connectivity index (χ1) is 14.2. The van der Waals surface area contributed by atoms with Crippen LogP contribution in [0.4, 0.5) is 0 Å². The molecule has 1 aliphatic heterocycles. The predicted molar refractivity (Wildman–Crippen MR) is 112 cm³/mol. The van der Waals surface area contributed by atoms with Crippen LogP contribution in [0.1, 0.15) is 40.5 Å². The third-order valence-electron chi connectivity index (χ3n) is 5.36. The van der Waals surface area contributed by atoms with Gasteiger partial charge in [-0.05, 0) is 36.2 Å². The molecule has 2 amide bonds. The number of hydrogen-bond donors (Lipinski definition) is 1. The topological polar surface area (TPSA) is 54.3 Å². The zero-order valence-electron chi connectivity index (χ0n) is 16.3. The third-order valence-corrected chi connectivity index (χ3v) is 5.36. The Hall–Kier alpha value is -3.34. The van der Waals surface area contributed by atoms with Gasteiger partial charge in [-0.2, -0.15) is 0 Å². The normalized spacial score (nSPS) is 15.6. The number of rotatable bonds is 6. The van der Waals surface area contributed by atoms with E-state index in [9.17, 15) is 9.59 Å². The molecule has 4 rings (SSSR count). The second-order valence-corrected chi connectivity index (χ2v) is 7.25. The Morgan fingerprint density at radius 1 is 0.897 bits per heavy atom. The molecule has 1 aromatic heterocycles. The average Bonchev–Trinajstić information content (AvgIpc) is 3.26. The quantitative estimate of drug-likeness (QED) is 0.657. The van der Waals surface area contributed by atoms with Gasteiger partial charge in [0.1, 0.15) is 0 Å². The minimum atomic E-state index is -0.101. The molecule has 2 heterocycles. The molecule has 0 aliphatic carbocycles. The summed E-state index contributed by atoms with van der Waals surface area (Å²) in [6.07, 6.45) is 3.11. The SMILES string of the molecule is O=C(NCCCC(=O)N1CCn2cccc2C1c1ccccc1)c1ccccc1. The van der Waals surface area contributed by atoms with E-state index >= 15 is 0 Å². The molecule has 148 valence electrons. The highest BCUT2D eigenvalue weighted by Gasteiger charge is 2.31. The van der Waals surface area contributed by atoms with Crippen molar-refractivity contribution in [3.8, 4) is 0 Å². The number of amides is 2. The van der Waals surface area contributed by atoms with E-state index in [0.717, 1.165) is 17.8 Å².